The van der Waals surface area contributed by atoms with Gasteiger partial charge < -0.3 is 4.74 Å². The van der Waals surface area contributed by atoms with Crippen molar-refractivity contribution in [2.75, 3.05) is 6.61 Å². The summed E-state index contributed by atoms with van der Waals surface area (Å²) in [6.45, 7) is 6.08. The van der Waals surface area contributed by atoms with Crippen molar-refractivity contribution in [3.8, 4) is 0 Å². The highest BCUT2D eigenvalue weighted by Gasteiger charge is 2.19. The summed E-state index contributed by atoms with van der Waals surface area (Å²) in [6.07, 6.45) is 2.71. The van der Waals surface area contributed by atoms with Crippen LogP contribution >= 0.6 is 0 Å². The molecule has 0 fully saturated rings. The molecule has 0 unspecified atom stereocenters. The highest BCUT2D eigenvalue weighted by molar-refractivity contribution is 5.99. The second kappa shape index (κ2) is 4.57. The zero-order valence-electron chi connectivity index (χ0n) is 10.4. The SMILES string of the molecule is CCOC(=O)c1c(C)nn2cccc(CC)c12. The molecule has 0 spiro atoms. The summed E-state index contributed by atoms with van der Waals surface area (Å²) in [7, 11) is 0. The van der Waals surface area contributed by atoms with E-state index in [2.05, 4.69) is 12.0 Å². The summed E-state index contributed by atoms with van der Waals surface area (Å²) < 4.78 is 6.83. The van der Waals surface area contributed by atoms with E-state index < -0.39 is 0 Å². The third-order valence-electron chi connectivity index (χ3n) is 2.77. The summed E-state index contributed by atoms with van der Waals surface area (Å²) in [5.74, 6) is -0.291. The Labute approximate surface area is 100 Å². The third kappa shape index (κ3) is 1.90. The van der Waals surface area contributed by atoms with Gasteiger partial charge in [-0.1, -0.05) is 13.0 Å². The van der Waals surface area contributed by atoms with Crippen LogP contribution in [-0.2, 0) is 11.2 Å². The molecule has 0 aliphatic carbocycles. The van der Waals surface area contributed by atoms with Gasteiger partial charge in [-0.2, -0.15) is 5.10 Å². The van der Waals surface area contributed by atoms with Crippen LogP contribution in [0.4, 0.5) is 0 Å². The Morgan fingerprint density at radius 1 is 1.47 bits per heavy atom. The molecule has 4 nitrogen and oxygen atoms in total. The third-order valence-corrected chi connectivity index (χ3v) is 2.77. The molecule has 0 bridgehead atoms. The minimum absolute atomic E-state index is 0.291. The normalized spacial score (nSPS) is 10.8. The molecule has 0 aromatic carbocycles. The average Bonchev–Trinajstić information content (AvgIpc) is 2.65. The van der Waals surface area contributed by atoms with Crippen molar-refractivity contribution in [3.05, 3.63) is 35.2 Å². The van der Waals surface area contributed by atoms with Crippen LogP contribution in [0.15, 0.2) is 18.3 Å². The number of rotatable bonds is 3. The highest BCUT2D eigenvalue weighted by atomic mass is 16.5. The van der Waals surface area contributed by atoms with E-state index in [1.54, 1.807) is 11.4 Å². The molecule has 0 saturated carbocycles. The number of aromatic nitrogens is 2. The first-order valence-corrected chi connectivity index (χ1v) is 5.83. The smallest absolute Gasteiger partial charge is 0.342 e. The van der Waals surface area contributed by atoms with Gasteiger partial charge in [0.05, 0.1) is 17.8 Å². The van der Waals surface area contributed by atoms with Crippen LogP contribution in [0.5, 0.6) is 0 Å². The predicted octanol–water partition coefficient (Wildman–Crippen LogP) is 2.38. The minimum atomic E-state index is -0.291. The van der Waals surface area contributed by atoms with E-state index in [1.807, 2.05) is 25.3 Å². The number of pyridine rings is 1. The largest absolute Gasteiger partial charge is 0.462 e. The Hall–Kier alpha value is -1.84. The summed E-state index contributed by atoms with van der Waals surface area (Å²) in [6, 6.07) is 3.95. The van der Waals surface area contributed by atoms with Crippen LogP contribution < -0.4 is 0 Å². The number of nitrogens with zero attached hydrogens (tertiary/aromatic N) is 2. The molecule has 0 radical (unpaired) electrons. The summed E-state index contributed by atoms with van der Waals surface area (Å²) >= 11 is 0. The molecular weight excluding hydrogens is 216 g/mol. The maximum Gasteiger partial charge on any atom is 0.342 e. The first-order valence-electron chi connectivity index (χ1n) is 5.83. The van der Waals surface area contributed by atoms with E-state index in [1.165, 1.54) is 0 Å². The van der Waals surface area contributed by atoms with Gasteiger partial charge >= 0.3 is 5.97 Å². The lowest BCUT2D eigenvalue weighted by molar-refractivity contribution is 0.0528. The summed E-state index contributed by atoms with van der Waals surface area (Å²) in [4.78, 5) is 11.9. The molecule has 90 valence electrons. The zero-order valence-corrected chi connectivity index (χ0v) is 10.4. The number of ether oxygens (including phenoxy) is 1. The molecule has 0 aliphatic heterocycles. The fraction of sp³-hybridized carbons (Fsp3) is 0.385. The fourth-order valence-corrected chi connectivity index (χ4v) is 2.02. The van der Waals surface area contributed by atoms with E-state index in [0.29, 0.717) is 17.9 Å². The van der Waals surface area contributed by atoms with Crippen molar-refractivity contribution in [1.82, 2.24) is 9.61 Å². The van der Waals surface area contributed by atoms with E-state index >= 15 is 0 Å². The zero-order chi connectivity index (χ0) is 12.4. The molecular formula is C13H16N2O2. The lowest BCUT2D eigenvalue weighted by Gasteiger charge is -2.04. The Balaban J connectivity index is 2.68. The van der Waals surface area contributed by atoms with Gasteiger partial charge in [0.15, 0.2) is 0 Å². The summed E-state index contributed by atoms with van der Waals surface area (Å²) in [5.41, 5.74) is 3.27. The molecule has 0 N–H and O–H groups in total. The molecule has 0 atom stereocenters. The Morgan fingerprint density at radius 3 is 2.88 bits per heavy atom. The Kier molecular flexibility index (Phi) is 3.13. The Morgan fingerprint density at radius 2 is 2.24 bits per heavy atom. The van der Waals surface area contributed by atoms with Crippen LogP contribution in [0.25, 0.3) is 5.52 Å². The van der Waals surface area contributed by atoms with Crippen molar-refractivity contribution in [2.45, 2.75) is 27.2 Å². The van der Waals surface area contributed by atoms with Gasteiger partial charge in [0.2, 0.25) is 0 Å². The number of fused-ring (bicyclic) bond motifs is 1. The second-order valence-corrected chi connectivity index (χ2v) is 3.86. The molecule has 0 aliphatic rings. The first kappa shape index (κ1) is 11.6. The Bertz CT molecular complexity index is 558. The van der Waals surface area contributed by atoms with Crippen LogP contribution in [0.2, 0.25) is 0 Å². The minimum Gasteiger partial charge on any atom is -0.462 e. The quantitative estimate of drug-likeness (QED) is 0.763. The number of hydrogen-bond donors (Lipinski definition) is 0. The number of hydrogen-bond acceptors (Lipinski definition) is 3. The summed E-state index contributed by atoms with van der Waals surface area (Å²) in [5, 5.41) is 4.34. The monoisotopic (exact) mass is 232 g/mol. The van der Waals surface area contributed by atoms with E-state index in [0.717, 1.165) is 17.5 Å². The molecule has 0 saturated heterocycles. The lowest BCUT2D eigenvalue weighted by atomic mass is 10.1. The van der Waals surface area contributed by atoms with Crippen molar-refractivity contribution >= 4 is 11.5 Å². The van der Waals surface area contributed by atoms with E-state index in [4.69, 9.17) is 4.74 Å². The number of aryl methyl sites for hydroxylation is 2. The van der Waals surface area contributed by atoms with Gasteiger partial charge in [-0.25, -0.2) is 9.31 Å². The lowest BCUT2D eigenvalue weighted by Crippen LogP contribution is -2.06. The van der Waals surface area contributed by atoms with Crippen LogP contribution in [-0.4, -0.2) is 22.2 Å². The van der Waals surface area contributed by atoms with Crippen LogP contribution in [0.3, 0.4) is 0 Å². The van der Waals surface area contributed by atoms with Gasteiger partial charge in [-0.15, -0.1) is 0 Å². The standard InChI is InChI=1S/C13H16N2O2/c1-4-10-7-6-8-15-12(10)11(9(3)14-15)13(16)17-5-2/h6-8H,4-5H2,1-3H3. The van der Waals surface area contributed by atoms with Gasteiger partial charge in [-0.3, -0.25) is 0 Å². The predicted molar refractivity (Wildman–Crippen MR) is 65.3 cm³/mol. The number of esters is 1. The molecule has 2 rings (SSSR count). The maximum absolute atomic E-state index is 11.9. The van der Waals surface area contributed by atoms with Crippen LogP contribution in [0, 0.1) is 6.92 Å². The van der Waals surface area contributed by atoms with Gasteiger partial charge in [-0.05, 0) is 31.9 Å². The number of carbonyl (C=O) groups is 1. The molecule has 17 heavy (non-hydrogen) atoms. The molecule has 2 heterocycles. The van der Waals surface area contributed by atoms with Gasteiger partial charge in [0.1, 0.15) is 5.56 Å². The average molecular weight is 232 g/mol. The van der Waals surface area contributed by atoms with Gasteiger partial charge in [0, 0.05) is 6.20 Å². The molecule has 0 amide bonds. The van der Waals surface area contributed by atoms with Crippen LogP contribution in [0.1, 0.15) is 35.5 Å². The van der Waals surface area contributed by atoms with Crippen molar-refractivity contribution in [3.63, 3.8) is 0 Å². The molecule has 2 aromatic rings. The van der Waals surface area contributed by atoms with E-state index in [9.17, 15) is 4.79 Å². The fourth-order valence-electron chi connectivity index (χ4n) is 2.02. The number of carbonyl (C=O) groups excluding carboxylic acids is 1. The highest BCUT2D eigenvalue weighted by Crippen LogP contribution is 2.20. The van der Waals surface area contributed by atoms with Crippen molar-refractivity contribution in [1.29, 1.82) is 0 Å². The van der Waals surface area contributed by atoms with E-state index in [-0.39, 0.29) is 5.97 Å². The first-order chi connectivity index (χ1) is 8.19. The topological polar surface area (TPSA) is 43.6 Å². The van der Waals surface area contributed by atoms with Crippen molar-refractivity contribution in [2.24, 2.45) is 0 Å². The molecule has 2 aromatic heterocycles. The molecule has 4 heteroatoms. The maximum atomic E-state index is 11.9. The van der Waals surface area contributed by atoms with Gasteiger partial charge in [0.25, 0.3) is 0 Å². The van der Waals surface area contributed by atoms with Crippen molar-refractivity contribution < 1.29 is 9.53 Å². The second-order valence-electron chi connectivity index (χ2n) is 3.86.